The van der Waals surface area contributed by atoms with Crippen LogP contribution in [-0.4, -0.2) is 43.5 Å². The Bertz CT molecular complexity index is 378. The lowest BCUT2D eigenvalue weighted by molar-refractivity contribution is -0.304. The first kappa shape index (κ1) is 17.9. The first-order chi connectivity index (χ1) is 9.68. The third-order valence-electron chi connectivity index (χ3n) is 3.24. The summed E-state index contributed by atoms with van der Waals surface area (Å²) in [5.74, 6) is -1.30. The highest BCUT2D eigenvalue weighted by molar-refractivity contribution is 5.82. The number of amides is 1. The Hall–Kier alpha value is -1.14. The second-order valence-corrected chi connectivity index (χ2v) is 6.44. The summed E-state index contributed by atoms with van der Waals surface area (Å²) < 4.78 is 16.2. The highest BCUT2D eigenvalue weighted by atomic mass is 16.7. The second-order valence-electron chi connectivity index (χ2n) is 6.44. The van der Waals surface area contributed by atoms with E-state index < -0.39 is 17.3 Å². The van der Waals surface area contributed by atoms with Crippen LogP contribution in [-0.2, 0) is 23.8 Å². The van der Waals surface area contributed by atoms with Crippen LogP contribution in [0, 0.1) is 5.41 Å². The summed E-state index contributed by atoms with van der Waals surface area (Å²) in [6.07, 6.45) is 0.351. The van der Waals surface area contributed by atoms with Crippen LogP contribution in [0.2, 0.25) is 0 Å². The average molecular weight is 301 g/mol. The molecule has 0 radical (unpaired) electrons. The molecule has 0 aliphatic carbocycles. The Morgan fingerprint density at radius 2 is 1.95 bits per heavy atom. The molecule has 122 valence electrons. The van der Waals surface area contributed by atoms with Gasteiger partial charge in [-0.2, -0.15) is 0 Å². The lowest BCUT2D eigenvalue weighted by Crippen LogP contribution is -2.56. The summed E-state index contributed by atoms with van der Waals surface area (Å²) in [4.78, 5) is 23.6. The van der Waals surface area contributed by atoms with E-state index in [1.165, 1.54) is 0 Å². The van der Waals surface area contributed by atoms with Crippen molar-refractivity contribution in [2.75, 3.05) is 19.8 Å². The van der Waals surface area contributed by atoms with E-state index in [1.54, 1.807) is 13.8 Å². The monoisotopic (exact) mass is 301 g/mol. The Labute approximate surface area is 126 Å². The largest absolute Gasteiger partial charge is 0.466 e. The minimum Gasteiger partial charge on any atom is -0.466 e. The fraction of sp³-hybridized carbons (Fsp3) is 0.867. The molecule has 1 rings (SSSR count). The van der Waals surface area contributed by atoms with Crippen LogP contribution in [0.15, 0.2) is 0 Å². The van der Waals surface area contributed by atoms with Gasteiger partial charge in [0.25, 0.3) is 0 Å². The quantitative estimate of drug-likeness (QED) is 0.755. The summed E-state index contributed by atoms with van der Waals surface area (Å²) in [6, 6.07) is 0. The molecule has 1 aliphatic heterocycles. The molecule has 21 heavy (non-hydrogen) atoms. The van der Waals surface area contributed by atoms with E-state index >= 15 is 0 Å². The molecule has 1 heterocycles. The van der Waals surface area contributed by atoms with Gasteiger partial charge in [-0.15, -0.1) is 0 Å². The minimum absolute atomic E-state index is 0.165. The van der Waals surface area contributed by atoms with Gasteiger partial charge >= 0.3 is 5.97 Å². The molecule has 6 nitrogen and oxygen atoms in total. The Kier molecular flexibility index (Phi) is 6.16. The fourth-order valence-corrected chi connectivity index (χ4v) is 1.99. The molecule has 0 saturated carbocycles. The van der Waals surface area contributed by atoms with Gasteiger partial charge in [-0.1, -0.05) is 20.8 Å². The third-order valence-corrected chi connectivity index (χ3v) is 3.24. The lowest BCUT2D eigenvalue weighted by atomic mass is 9.85. The van der Waals surface area contributed by atoms with Crippen LogP contribution in [0.5, 0.6) is 0 Å². The number of ether oxygens (including phenoxy) is 3. The van der Waals surface area contributed by atoms with Gasteiger partial charge < -0.3 is 19.5 Å². The molecule has 1 atom stereocenters. The first-order valence-corrected chi connectivity index (χ1v) is 7.43. The second kappa shape index (κ2) is 7.22. The number of hydrogen-bond acceptors (Lipinski definition) is 5. The topological polar surface area (TPSA) is 73.9 Å². The van der Waals surface area contributed by atoms with Crippen LogP contribution < -0.4 is 5.32 Å². The van der Waals surface area contributed by atoms with Crippen molar-refractivity contribution in [3.63, 3.8) is 0 Å². The smallest absolute Gasteiger partial charge is 0.307 e. The number of rotatable bonds is 6. The highest BCUT2D eigenvalue weighted by Crippen LogP contribution is 2.34. The molecular weight excluding hydrogens is 274 g/mol. The normalized spacial score (nSPS) is 23.4. The molecule has 0 bridgehead atoms. The lowest BCUT2D eigenvalue weighted by Gasteiger charge is -2.44. The molecule has 1 aliphatic rings. The van der Waals surface area contributed by atoms with E-state index in [4.69, 9.17) is 14.2 Å². The van der Waals surface area contributed by atoms with Crippen molar-refractivity contribution in [2.24, 2.45) is 5.41 Å². The van der Waals surface area contributed by atoms with Crippen LogP contribution in [0.1, 0.15) is 47.5 Å². The zero-order chi connectivity index (χ0) is 16.1. The average Bonchev–Trinajstić information content (AvgIpc) is 2.39. The summed E-state index contributed by atoms with van der Waals surface area (Å²) >= 11 is 0. The molecule has 0 aromatic carbocycles. The van der Waals surface area contributed by atoms with Gasteiger partial charge in [0.15, 0.2) is 5.79 Å². The van der Waals surface area contributed by atoms with Gasteiger partial charge in [-0.05, 0) is 20.3 Å². The van der Waals surface area contributed by atoms with E-state index in [-0.39, 0.29) is 24.8 Å². The van der Waals surface area contributed by atoms with Gasteiger partial charge in [-0.25, -0.2) is 0 Å². The molecule has 0 aromatic rings. The van der Waals surface area contributed by atoms with Crippen molar-refractivity contribution < 1.29 is 23.8 Å². The summed E-state index contributed by atoms with van der Waals surface area (Å²) in [5.41, 5.74) is -0.414. The Balaban J connectivity index is 2.44. The Morgan fingerprint density at radius 1 is 1.29 bits per heavy atom. The maximum atomic E-state index is 12.3. The number of carbonyl (C=O) groups is 2. The maximum Gasteiger partial charge on any atom is 0.307 e. The standard InChI is InChI=1S/C15H27NO5/c1-6-9-19-11(17)7-8-16-13(18)12-14(2,3)10-20-15(4,5)21-12/h12H,6-10H2,1-5H3,(H,16,18). The SMILES string of the molecule is CCCOC(=O)CCNC(=O)C1OC(C)(C)OCC1(C)C. The van der Waals surface area contributed by atoms with Crippen molar-refractivity contribution >= 4 is 11.9 Å². The molecular formula is C15H27NO5. The molecule has 1 saturated heterocycles. The summed E-state index contributed by atoms with van der Waals surface area (Å²) in [5, 5.41) is 2.73. The predicted molar refractivity (Wildman–Crippen MR) is 77.6 cm³/mol. The molecule has 1 fully saturated rings. The van der Waals surface area contributed by atoms with Crippen molar-refractivity contribution in [1.82, 2.24) is 5.32 Å². The summed E-state index contributed by atoms with van der Waals surface area (Å²) in [7, 11) is 0. The van der Waals surface area contributed by atoms with E-state index in [2.05, 4.69) is 5.32 Å². The summed E-state index contributed by atoms with van der Waals surface area (Å²) in [6.45, 7) is 10.4. The van der Waals surface area contributed by atoms with Crippen molar-refractivity contribution in [3.8, 4) is 0 Å². The molecule has 6 heteroatoms. The third kappa shape index (κ3) is 5.63. The fourth-order valence-electron chi connectivity index (χ4n) is 1.99. The minimum atomic E-state index is -0.780. The zero-order valence-electron chi connectivity index (χ0n) is 13.7. The maximum absolute atomic E-state index is 12.3. The van der Waals surface area contributed by atoms with Gasteiger partial charge in [0.05, 0.1) is 19.6 Å². The van der Waals surface area contributed by atoms with Gasteiger partial charge in [0.1, 0.15) is 6.10 Å². The molecule has 1 amide bonds. The van der Waals surface area contributed by atoms with Crippen molar-refractivity contribution in [2.45, 2.75) is 59.4 Å². The van der Waals surface area contributed by atoms with E-state index in [9.17, 15) is 9.59 Å². The van der Waals surface area contributed by atoms with Crippen LogP contribution in [0.3, 0.4) is 0 Å². The predicted octanol–water partition coefficient (Wildman–Crippen LogP) is 1.62. The molecule has 0 aromatic heterocycles. The van der Waals surface area contributed by atoms with Gasteiger partial charge in [0, 0.05) is 12.0 Å². The van der Waals surface area contributed by atoms with Crippen molar-refractivity contribution in [1.29, 1.82) is 0 Å². The van der Waals surface area contributed by atoms with Crippen LogP contribution >= 0.6 is 0 Å². The Morgan fingerprint density at radius 3 is 2.57 bits per heavy atom. The number of carbonyl (C=O) groups excluding carboxylic acids is 2. The number of hydrogen-bond donors (Lipinski definition) is 1. The molecule has 0 spiro atoms. The van der Waals surface area contributed by atoms with Gasteiger partial charge in [-0.3, -0.25) is 9.59 Å². The van der Waals surface area contributed by atoms with E-state index in [0.717, 1.165) is 6.42 Å². The number of esters is 1. The molecule has 1 unspecified atom stereocenters. The number of nitrogens with one attached hydrogen (secondary N) is 1. The van der Waals surface area contributed by atoms with Gasteiger partial charge in [0.2, 0.25) is 5.91 Å². The molecule has 1 N–H and O–H groups in total. The zero-order valence-corrected chi connectivity index (χ0v) is 13.7. The van der Waals surface area contributed by atoms with Crippen LogP contribution in [0.25, 0.3) is 0 Å². The van der Waals surface area contributed by atoms with E-state index in [1.807, 2.05) is 20.8 Å². The highest BCUT2D eigenvalue weighted by Gasteiger charge is 2.45. The van der Waals surface area contributed by atoms with Crippen LogP contribution in [0.4, 0.5) is 0 Å². The van der Waals surface area contributed by atoms with Crippen molar-refractivity contribution in [3.05, 3.63) is 0 Å². The van der Waals surface area contributed by atoms with E-state index in [0.29, 0.717) is 13.2 Å². The first-order valence-electron chi connectivity index (χ1n) is 7.43.